The van der Waals surface area contributed by atoms with Crippen LogP contribution >= 0.6 is 0 Å². The van der Waals surface area contributed by atoms with Gasteiger partial charge < -0.3 is 0 Å². The van der Waals surface area contributed by atoms with Crippen molar-refractivity contribution in [2.45, 2.75) is 21.3 Å². The van der Waals surface area contributed by atoms with Gasteiger partial charge in [0.1, 0.15) is 0 Å². The summed E-state index contributed by atoms with van der Waals surface area (Å²) in [6.07, 6.45) is 0. The van der Waals surface area contributed by atoms with Crippen molar-refractivity contribution in [3.63, 3.8) is 0 Å². The third-order valence-electron chi connectivity index (χ3n) is 1.55. The Kier molecular flexibility index (Phi) is 4.63. The number of rotatable bonds is 6. The molecule has 0 saturated carbocycles. The average molecular weight is 267 g/mol. The van der Waals surface area contributed by atoms with Gasteiger partial charge in [0.05, 0.1) is 0 Å². The Morgan fingerprint density at radius 3 is 1.21 bits per heavy atom. The number of carbonyl (C=O) groups is 3. The predicted molar refractivity (Wildman–Crippen MR) is 48.9 cm³/mol. The molecule has 0 aliphatic heterocycles. The fourth-order valence-electron chi connectivity index (χ4n) is 1.15. The number of aliphatic carboxylic acids is 3. The van der Waals surface area contributed by atoms with E-state index in [2.05, 4.69) is 0 Å². The van der Waals surface area contributed by atoms with E-state index in [1.807, 2.05) is 0 Å². The van der Waals surface area contributed by atoms with Gasteiger partial charge >= 0.3 is 82.5 Å². The molecule has 0 rings (SSSR count). The van der Waals surface area contributed by atoms with E-state index in [1.54, 1.807) is 0 Å². The van der Waals surface area contributed by atoms with Crippen molar-refractivity contribution in [2.24, 2.45) is 0 Å². The van der Waals surface area contributed by atoms with E-state index < -0.39 is 31.5 Å². The molecule has 6 nitrogen and oxygen atoms in total. The molecule has 7 heteroatoms. The van der Waals surface area contributed by atoms with Crippen LogP contribution in [0.5, 0.6) is 0 Å². The standard InChI is InChI=1S/C7H11AsO6/c1-8(2-5(9)10,3-6(11)12)4-7(13)14/h2-4H2,1H3,(H2-,9,10,11,12,13,14)/p+1. The zero-order valence-electron chi connectivity index (χ0n) is 7.63. The van der Waals surface area contributed by atoms with E-state index in [4.69, 9.17) is 15.3 Å². The van der Waals surface area contributed by atoms with Gasteiger partial charge in [-0.05, 0) is 0 Å². The molecule has 0 aliphatic carbocycles. The summed E-state index contributed by atoms with van der Waals surface area (Å²) in [4.78, 5) is 31.3. The van der Waals surface area contributed by atoms with Crippen LogP contribution in [0, 0.1) is 0 Å². The van der Waals surface area contributed by atoms with Crippen molar-refractivity contribution >= 4 is 31.5 Å². The monoisotopic (exact) mass is 267 g/mol. The Hall–Kier alpha value is -1.03. The van der Waals surface area contributed by atoms with Crippen LogP contribution in [-0.2, 0) is 14.4 Å². The van der Waals surface area contributed by atoms with Crippen molar-refractivity contribution in [3.8, 4) is 0 Å². The molecule has 0 spiro atoms. The molecule has 0 aromatic heterocycles. The maximum absolute atomic E-state index is 10.4. The molecule has 0 aromatic carbocycles. The number of carboxylic acids is 3. The van der Waals surface area contributed by atoms with Crippen LogP contribution in [0.15, 0.2) is 0 Å². The maximum atomic E-state index is 10.4. The van der Waals surface area contributed by atoms with Crippen molar-refractivity contribution in [1.29, 1.82) is 0 Å². The van der Waals surface area contributed by atoms with E-state index in [0.717, 1.165) is 0 Å². The first-order chi connectivity index (χ1) is 6.25. The van der Waals surface area contributed by atoms with Gasteiger partial charge in [0.15, 0.2) is 0 Å². The molecular formula is C7H12AsO6+. The minimum atomic E-state index is -3.09. The van der Waals surface area contributed by atoms with Crippen LogP contribution in [0.4, 0.5) is 0 Å². The Morgan fingerprint density at radius 2 is 1.07 bits per heavy atom. The van der Waals surface area contributed by atoms with E-state index >= 15 is 0 Å². The van der Waals surface area contributed by atoms with Gasteiger partial charge in [0.2, 0.25) is 0 Å². The summed E-state index contributed by atoms with van der Waals surface area (Å²) in [6.45, 7) is 0. The molecule has 14 heavy (non-hydrogen) atoms. The second-order valence-corrected chi connectivity index (χ2v) is 12.1. The number of hydrogen-bond acceptors (Lipinski definition) is 3. The summed E-state index contributed by atoms with van der Waals surface area (Å²) in [5, 5.41) is 24.7. The SMILES string of the molecule is C[As+](CC(=O)O)(CC(=O)O)CC(=O)O. The van der Waals surface area contributed by atoms with Crippen LogP contribution in [0.3, 0.4) is 0 Å². The van der Waals surface area contributed by atoms with Gasteiger partial charge in [0.25, 0.3) is 0 Å². The zero-order valence-corrected chi connectivity index (χ0v) is 9.51. The molecule has 0 amide bonds. The molecule has 0 radical (unpaired) electrons. The molecule has 0 aromatic rings. The van der Waals surface area contributed by atoms with Crippen LogP contribution < -0.4 is 0 Å². The summed E-state index contributed by atoms with van der Waals surface area (Å²) in [6, 6.07) is 0. The Bertz CT molecular complexity index is 220. The summed E-state index contributed by atoms with van der Waals surface area (Å²) >= 11 is -3.09. The number of carboxylic acid groups (broad SMARTS) is 3. The fourth-order valence-corrected chi connectivity index (χ4v) is 5.96. The molecule has 80 valence electrons. The second-order valence-electron chi connectivity index (χ2n) is 3.28. The Labute approximate surface area is 83.0 Å². The molecule has 3 N–H and O–H groups in total. The summed E-state index contributed by atoms with van der Waals surface area (Å²) in [5.74, 6) is -3.37. The Balaban J connectivity index is 4.56. The van der Waals surface area contributed by atoms with E-state index in [1.165, 1.54) is 5.71 Å². The molecule has 0 saturated heterocycles. The summed E-state index contributed by atoms with van der Waals surface area (Å²) < 4.78 is 0. The third kappa shape index (κ3) is 5.59. The quantitative estimate of drug-likeness (QED) is 0.597. The van der Waals surface area contributed by atoms with E-state index in [0.29, 0.717) is 0 Å². The Morgan fingerprint density at radius 1 is 0.857 bits per heavy atom. The predicted octanol–water partition coefficient (Wildman–Crippen LogP) is 0.319. The van der Waals surface area contributed by atoms with Gasteiger partial charge in [-0.2, -0.15) is 0 Å². The molecular weight excluding hydrogens is 255 g/mol. The van der Waals surface area contributed by atoms with E-state index in [-0.39, 0.29) is 15.6 Å². The van der Waals surface area contributed by atoms with Gasteiger partial charge in [-0.1, -0.05) is 0 Å². The van der Waals surface area contributed by atoms with Crippen LogP contribution in [0.1, 0.15) is 0 Å². The zero-order chi connectivity index (χ0) is 11.4. The van der Waals surface area contributed by atoms with E-state index in [9.17, 15) is 14.4 Å². The van der Waals surface area contributed by atoms with Gasteiger partial charge in [-0.25, -0.2) is 0 Å². The molecule has 0 atom stereocenters. The van der Waals surface area contributed by atoms with Crippen LogP contribution in [0.25, 0.3) is 0 Å². The third-order valence-corrected chi connectivity index (χ3v) is 8.06. The number of hydrogen-bond donors (Lipinski definition) is 3. The minimum absolute atomic E-state index is 0.295. The first-order valence-corrected chi connectivity index (χ1v) is 9.60. The van der Waals surface area contributed by atoms with Gasteiger partial charge in [0, 0.05) is 0 Å². The van der Waals surface area contributed by atoms with Gasteiger partial charge in [-0.3, -0.25) is 0 Å². The normalized spacial score (nSPS) is 10.9. The fraction of sp³-hybridized carbons (Fsp3) is 0.571. The molecule has 0 fully saturated rings. The molecule has 0 aliphatic rings. The van der Waals surface area contributed by atoms with Crippen molar-refractivity contribution in [1.82, 2.24) is 0 Å². The van der Waals surface area contributed by atoms with Crippen LogP contribution in [0.2, 0.25) is 21.3 Å². The molecule has 0 heterocycles. The van der Waals surface area contributed by atoms with Crippen molar-refractivity contribution in [3.05, 3.63) is 0 Å². The molecule has 0 unspecified atom stereocenters. The van der Waals surface area contributed by atoms with Crippen LogP contribution in [-0.4, -0.2) is 46.8 Å². The topological polar surface area (TPSA) is 112 Å². The first-order valence-electron chi connectivity index (χ1n) is 3.74. The summed E-state index contributed by atoms with van der Waals surface area (Å²) in [7, 11) is 0. The average Bonchev–Trinajstić information content (AvgIpc) is 1.76. The van der Waals surface area contributed by atoms with Crippen molar-refractivity contribution in [2.75, 3.05) is 0 Å². The second kappa shape index (κ2) is 5.00. The first kappa shape index (κ1) is 13.0. The summed E-state index contributed by atoms with van der Waals surface area (Å²) in [5.41, 5.74) is 1.51. The van der Waals surface area contributed by atoms with Crippen molar-refractivity contribution < 1.29 is 29.7 Å². The molecule has 0 bridgehead atoms. The van der Waals surface area contributed by atoms with Gasteiger partial charge in [-0.15, -0.1) is 0 Å².